The third-order valence-corrected chi connectivity index (χ3v) is 1.15. The van der Waals surface area contributed by atoms with Crippen LogP contribution in [0, 0.1) is 5.92 Å². The van der Waals surface area contributed by atoms with Crippen LogP contribution in [-0.4, -0.2) is 25.3 Å². The lowest BCUT2D eigenvalue weighted by molar-refractivity contribution is -0.144. The van der Waals surface area contributed by atoms with E-state index < -0.39 is 24.7 Å². The molecule has 1 atom stereocenters. The normalized spacial score (nSPS) is 12.7. The Kier molecular flexibility index (Phi) is 5.16. The highest BCUT2D eigenvalue weighted by Gasteiger charge is 2.24. The lowest BCUT2D eigenvalue weighted by Gasteiger charge is -2.06. The van der Waals surface area contributed by atoms with Crippen LogP contribution in [-0.2, 0) is 14.3 Å². The number of carbonyl (C=O) groups is 1. The second kappa shape index (κ2) is 5.62. The van der Waals surface area contributed by atoms with Gasteiger partial charge < -0.3 is 4.74 Å². The first kappa shape index (κ1) is 11.0. The molecule has 0 spiro atoms. The number of hydrogen-bond donors (Lipinski definition) is 0. The van der Waals surface area contributed by atoms with Crippen LogP contribution in [0.5, 0.6) is 0 Å². The molecular formula is C7H9F2O3. The van der Waals surface area contributed by atoms with Crippen molar-refractivity contribution >= 4 is 12.3 Å². The number of esters is 1. The van der Waals surface area contributed by atoms with E-state index in [-0.39, 0.29) is 6.61 Å². The zero-order valence-corrected chi connectivity index (χ0v) is 6.55. The summed E-state index contributed by atoms with van der Waals surface area (Å²) in [6.07, 6.45) is -2.37. The van der Waals surface area contributed by atoms with Gasteiger partial charge in [0.05, 0.1) is 18.9 Å². The van der Waals surface area contributed by atoms with Gasteiger partial charge in [-0.05, 0) is 6.92 Å². The van der Waals surface area contributed by atoms with Gasteiger partial charge in [0.25, 0.3) is 0 Å². The second-order valence-electron chi connectivity index (χ2n) is 2.07. The second-order valence-corrected chi connectivity index (χ2v) is 2.07. The minimum atomic E-state index is -2.85. The summed E-state index contributed by atoms with van der Waals surface area (Å²) in [6, 6.07) is 0. The van der Waals surface area contributed by atoms with Gasteiger partial charge in [-0.2, -0.15) is 0 Å². The zero-order chi connectivity index (χ0) is 9.56. The molecule has 0 aliphatic carbocycles. The van der Waals surface area contributed by atoms with Crippen molar-refractivity contribution in [2.45, 2.75) is 19.8 Å². The molecule has 0 aromatic carbocycles. The predicted octanol–water partition coefficient (Wildman–Crippen LogP) is 0.931. The number of hydrogen-bond acceptors (Lipinski definition) is 3. The van der Waals surface area contributed by atoms with Crippen molar-refractivity contribution in [3.8, 4) is 0 Å². The largest absolute Gasteiger partial charge is 0.466 e. The lowest BCUT2D eigenvalue weighted by Crippen LogP contribution is -2.18. The van der Waals surface area contributed by atoms with Crippen LogP contribution in [0.25, 0.3) is 0 Å². The maximum atomic E-state index is 11.8. The highest BCUT2D eigenvalue weighted by molar-refractivity contribution is 5.74. The molecule has 0 saturated heterocycles. The van der Waals surface area contributed by atoms with Crippen LogP contribution >= 0.6 is 0 Å². The summed E-state index contributed by atoms with van der Waals surface area (Å²) in [5, 5.41) is 0. The summed E-state index contributed by atoms with van der Waals surface area (Å²) < 4.78 is 28.0. The molecule has 0 amide bonds. The summed E-state index contributed by atoms with van der Waals surface area (Å²) in [6.45, 7) is 1.67. The van der Waals surface area contributed by atoms with Crippen LogP contribution in [0.1, 0.15) is 13.3 Å². The fourth-order valence-electron chi connectivity index (χ4n) is 0.582. The Morgan fingerprint density at radius 3 is 2.50 bits per heavy atom. The van der Waals surface area contributed by atoms with Crippen molar-refractivity contribution in [3.05, 3.63) is 0 Å². The van der Waals surface area contributed by atoms with Gasteiger partial charge in [0.1, 0.15) is 0 Å². The molecule has 0 bridgehead atoms. The van der Waals surface area contributed by atoms with E-state index in [0.717, 1.165) is 6.29 Å². The van der Waals surface area contributed by atoms with Gasteiger partial charge in [0, 0.05) is 0 Å². The average molecular weight is 179 g/mol. The molecule has 0 aliphatic rings. The van der Waals surface area contributed by atoms with E-state index in [4.69, 9.17) is 0 Å². The average Bonchev–Trinajstić information content (AvgIpc) is 2.00. The Hall–Kier alpha value is -1.00. The van der Waals surface area contributed by atoms with Crippen molar-refractivity contribution in [3.63, 3.8) is 0 Å². The number of ether oxygens (including phenoxy) is 1. The molecule has 0 N–H and O–H groups in total. The number of rotatable bonds is 5. The van der Waals surface area contributed by atoms with Crippen LogP contribution in [0.4, 0.5) is 8.78 Å². The molecule has 0 aliphatic heterocycles. The van der Waals surface area contributed by atoms with E-state index in [1.165, 1.54) is 0 Å². The summed E-state index contributed by atoms with van der Waals surface area (Å²) in [5.74, 6) is -2.46. The van der Waals surface area contributed by atoms with Crippen LogP contribution in [0.2, 0.25) is 0 Å². The molecule has 1 radical (unpaired) electrons. The highest BCUT2D eigenvalue weighted by atomic mass is 19.3. The molecule has 0 aromatic rings. The molecule has 0 saturated carbocycles. The molecule has 0 heterocycles. The van der Waals surface area contributed by atoms with Gasteiger partial charge in [-0.3, -0.25) is 9.59 Å². The number of carbonyl (C=O) groups excluding carboxylic acids is 2. The molecule has 12 heavy (non-hydrogen) atoms. The topological polar surface area (TPSA) is 43.4 Å². The van der Waals surface area contributed by atoms with Crippen molar-refractivity contribution in [2.75, 3.05) is 6.61 Å². The molecule has 0 rings (SSSR count). The Balaban J connectivity index is 3.85. The van der Waals surface area contributed by atoms with E-state index in [1.807, 2.05) is 0 Å². The Morgan fingerprint density at radius 1 is 1.58 bits per heavy atom. The van der Waals surface area contributed by atoms with E-state index >= 15 is 0 Å². The monoisotopic (exact) mass is 179 g/mol. The Bertz CT molecular complexity index is 159. The van der Waals surface area contributed by atoms with Crippen LogP contribution in [0.15, 0.2) is 0 Å². The van der Waals surface area contributed by atoms with E-state index in [2.05, 4.69) is 4.74 Å². The summed E-state index contributed by atoms with van der Waals surface area (Å²) >= 11 is 0. The smallest absolute Gasteiger partial charge is 0.306 e. The molecular weight excluding hydrogens is 170 g/mol. The quantitative estimate of drug-likeness (QED) is 0.589. The van der Waals surface area contributed by atoms with E-state index in [1.54, 1.807) is 6.92 Å². The fraction of sp³-hybridized carbons (Fsp3) is 0.714. The first-order valence-electron chi connectivity index (χ1n) is 3.43. The molecule has 0 aromatic heterocycles. The molecule has 69 valence electrons. The number of halogens is 2. The number of alkyl halides is 2. The summed E-state index contributed by atoms with van der Waals surface area (Å²) in [5.41, 5.74) is 0. The van der Waals surface area contributed by atoms with Gasteiger partial charge in [-0.25, -0.2) is 8.78 Å². The fourth-order valence-corrected chi connectivity index (χ4v) is 0.582. The van der Waals surface area contributed by atoms with Gasteiger partial charge in [0.15, 0.2) is 0 Å². The first-order valence-corrected chi connectivity index (χ1v) is 3.43. The Labute approximate surface area is 68.7 Å². The van der Waals surface area contributed by atoms with Crippen molar-refractivity contribution < 1.29 is 23.1 Å². The van der Waals surface area contributed by atoms with E-state index in [9.17, 15) is 18.4 Å². The standard InChI is InChI=1S/C7H9F2O3/c1-2-12-6(11)3-5(4-10)7(8)9/h5,7H,2-3H2,1H3. The lowest BCUT2D eigenvalue weighted by atomic mass is 10.1. The van der Waals surface area contributed by atoms with E-state index in [0.29, 0.717) is 0 Å². The molecule has 0 fully saturated rings. The summed E-state index contributed by atoms with van der Waals surface area (Å²) in [7, 11) is 0. The van der Waals surface area contributed by atoms with Crippen LogP contribution in [0.3, 0.4) is 0 Å². The van der Waals surface area contributed by atoms with Gasteiger partial charge in [0.2, 0.25) is 12.7 Å². The van der Waals surface area contributed by atoms with Crippen molar-refractivity contribution in [1.29, 1.82) is 0 Å². The van der Waals surface area contributed by atoms with Gasteiger partial charge in [-0.15, -0.1) is 0 Å². The van der Waals surface area contributed by atoms with Crippen molar-refractivity contribution in [2.24, 2.45) is 5.92 Å². The summed E-state index contributed by atoms with van der Waals surface area (Å²) in [4.78, 5) is 20.5. The SMILES string of the molecule is CCOC(=O)CC([C]=O)C(F)F. The maximum Gasteiger partial charge on any atom is 0.306 e. The minimum Gasteiger partial charge on any atom is -0.466 e. The van der Waals surface area contributed by atoms with Crippen LogP contribution < -0.4 is 0 Å². The minimum absolute atomic E-state index is 0.119. The third-order valence-electron chi connectivity index (χ3n) is 1.15. The highest BCUT2D eigenvalue weighted by Crippen LogP contribution is 2.11. The van der Waals surface area contributed by atoms with Gasteiger partial charge >= 0.3 is 5.97 Å². The molecule has 3 nitrogen and oxygen atoms in total. The van der Waals surface area contributed by atoms with Crippen molar-refractivity contribution in [1.82, 2.24) is 0 Å². The molecule has 5 heteroatoms. The van der Waals surface area contributed by atoms with Gasteiger partial charge in [-0.1, -0.05) is 0 Å². The predicted molar refractivity (Wildman–Crippen MR) is 36.4 cm³/mol. The Morgan fingerprint density at radius 2 is 2.17 bits per heavy atom. The maximum absolute atomic E-state index is 11.8. The molecule has 1 unspecified atom stereocenters. The first-order chi connectivity index (χ1) is 5.61. The zero-order valence-electron chi connectivity index (χ0n) is 6.55. The third kappa shape index (κ3) is 4.00.